The van der Waals surface area contributed by atoms with Crippen LogP contribution in [0.3, 0.4) is 0 Å². The van der Waals surface area contributed by atoms with Gasteiger partial charge in [-0.05, 0) is 6.07 Å². The van der Waals surface area contributed by atoms with Gasteiger partial charge in [0.15, 0.2) is 0 Å². The summed E-state index contributed by atoms with van der Waals surface area (Å²) >= 11 is 16.6. The number of nitro benzene ring substituents is 1. The first-order valence-electron chi connectivity index (χ1n) is 3.41. The van der Waals surface area contributed by atoms with Gasteiger partial charge in [-0.25, -0.2) is 4.79 Å². The van der Waals surface area contributed by atoms with Crippen LogP contribution >= 0.6 is 34.8 Å². The first kappa shape index (κ1) is 12.0. The van der Waals surface area contributed by atoms with Crippen molar-refractivity contribution in [2.75, 3.05) is 0 Å². The minimum absolute atomic E-state index is 0.247. The molecule has 8 heteroatoms. The van der Waals surface area contributed by atoms with Gasteiger partial charge in [0, 0.05) is 0 Å². The average Bonchev–Trinajstić information content (AvgIpc) is 1.99. The van der Waals surface area contributed by atoms with Gasteiger partial charge in [-0.2, -0.15) is 0 Å². The van der Waals surface area contributed by atoms with Crippen LogP contribution in [-0.2, 0) is 0 Å². The van der Waals surface area contributed by atoms with Gasteiger partial charge in [0.25, 0.3) is 0 Å². The van der Waals surface area contributed by atoms with Gasteiger partial charge in [0.2, 0.25) is 0 Å². The lowest BCUT2D eigenvalue weighted by molar-refractivity contribution is -0.384. The van der Waals surface area contributed by atoms with Crippen LogP contribution in [-0.4, -0.2) is 16.0 Å². The molecule has 0 aliphatic rings. The van der Waals surface area contributed by atoms with Crippen molar-refractivity contribution < 1.29 is 14.8 Å². The normalized spacial score (nSPS) is 10.1. The van der Waals surface area contributed by atoms with E-state index in [4.69, 9.17) is 39.9 Å². The van der Waals surface area contributed by atoms with E-state index < -0.39 is 27.2 Å². The number of nitrogens with zero attached hydrogens (tertiary/aromatic N) is 1. The lowest BCUT2D eigenvalue weighted by Crippen LogP contribution is -2.02. The van der Waals surface area contributed by atoms with Crippen molar-refractivity contribution in [3.8, 4) is 0 Å². The number of carboxylic acid groups (broad SMARTS) is 1. The van der Waals surface area contributed by atoms with Crippen molar-refractivity contribution in [3.05, 3.63) is 36.8 Å². The molecular formula is C7H2Cl3NO4. The van der Waals surface area contributed by atoms with Crippen molar-refractivity contribution in [1.82, 2.24) is 0 Å². The van der Waals surface area contributed by atoms with E-state index >= 15 is 0 Å². The molecule has 15 heavy (non-hydrogen) atoms. The number of halogens is 3. The molecule has 0 heterocycles. The monoisotopic (exact) mass is 269 g/mol. The fraction of sp³-hybridized carbons (Fsp3) is 0. The zero-order valence-electron chi connectivity index (χ0n) is 6.83. The number of hydrogen-bond acceptors (Lipinski definition) is 3. The predicted octanol–water partition coefficient (Wildman–Crippen LogP) is 3.25. The maximum atomic E-state index is 10.7. The summed E-state index contributed by atoms with van der Waals surface area (Å²) in [6, 6.07) is 0.969. The SMILES string of the molecule is O=C(O)c1c(Cl)cc(Cl)c([N+](=O)[O-])c1Cl. The van der Waals surface area contributed by atoms with E-state index in [9.17, 15) is 14.9 Å². The van der Waals surface area contributed by atoms with Gasteiger partial charge in [-0.15, -0.1) is 0 Å². The molecule has 0 aliphatic carbocycles. The molecule has 0 amide bonds. The van der Waals surface area contributed by atoms with E-state index in [0.717, 1.165) is 6.07 Å². The number of hydrogen-bond donors (Lipinski definition) is 1. The molecule has 0 saturated carbocycles. The molecule has 0 bridgehead atoms. The topological polar surface area (TPSA) is 80.4 Å². The van der Waals surface area contributed by atoms with Gasteiger partial charge in [0.05, 0.1) is 9.95 Å². The molecule has 0 unspecified atom stereocenters. The summed E-state index contributed by atoms with van der Waals surface area (Å²) in [5, 5.41) is 18.1. The van der Waals surface area contributed by atoms with Crippen molar-refractivity contribution >= 4 is 46.5 Å². The Labute approximate surface area is 98.3 Å². The smallest absolute Gasteiger partial charge is 0.339 e. The number of nitro groups is 1. The highest BCUT2D eigenvalue weighted by Gasteiger charge is 2.27. The van der Waals surface area contributed by atoms with Crippen LogP contribution in [0.25, 0.3) is 0 Å². The van der Waals surface area contributed by atoms with Crippen molar-refractivity contribution in [3.63, 3.8) is 0 Å². The average molecular weight is 270 g/mol. The highest BCUT2D eigenvalue weighted by Crippen LogP contribution is 2.39. The first-order valence-corrected chi connectivity index (χ1v) is 4.54. The molecule has 0 aromatic heterocycles. The Morgan fingerprint density at radius 1 is 1.33 bits per heavy atom. The molecule has 80 valence electrons. The lowest BCUT2D eigenvalue weighted by Gasteiger charge is -2.04. The van der Waals surface area contributed by atoms with Gasteiger partial charge in [0.1, 0.15) is 15.6 Å². The van der Waals surface area contributed by atoms with E-state index in [2.05, 4.69) is 0 Å². The van der Waals surface area contributed by atoms with Crippen LogP contribution in [0.15, 0.2) is 6.07 Å². The van der Waals surface area contributed by atoms with Crippen LogP contribution in [0, 0.1) is 10.1 Å². The number of rotatable bonds is 2. The Balaban J connectivity index is 3.64. The quantitative estimate of drug-likeness (QED) is 0.660. The van der Waals surface area contributed by atoms with E-state index in [1.54, 1.807) is 0 Å². The summed E-state index contributed by atoms with van der Waals surface area (Å²) in [6.07, 6.45) is 0. The van der Waals surface area contributed by atoms with Gasteiger partial charge < -0.3 is 5.11 Å². The molecule has 5 nitrogen and oxygen atoms in total. The minimum Gasteiger partial charge on any atom is -0.478 e. The molecule has 0 spiro atoms. The zero-order chi connectivity index (χ0) is 11.7. The largest absolute Gasteiger partial charge is 0.478 e. The Morgan fingerprint density at radius 3 is 2.27 bits per heavy atom. The van der Waals surface area contributed by atoms with Crippen LogP contribution in [0.2, 0.25) is 15.1 Å². The molecule has 1 aromatic rings. The Morgan fingerprint density at radius 2 is 1.87 bits per heavy atom. The molecule has 1 N–H and O–H groups in total. The predicted molar refractivity (Wildman–Crippen MR) is 55.1 cm³/mol. The molecule has 0 saturated heterocycles. The van der Waals surface area contributed by atoms with E-state index in [1.165, 1.54) is 0 Å². The molecule has 1 rings (SSSR count). The zero-order valence-corrected chi connectivity index (χ0v) is 9.10. The van der Waals surface area contributed by atoms with E-state index in [0.29, 0.717) is 0 Å². The summed E-state index contributed by atoms with van der Waals surface area (Å²) in [5.74, 6) is -1.45. The molecule has 1 aromatic carbocycles. The molecule has 0 aliphatic heterocycles. The Kier molecular flexibility index (Phi) is 3.38. The van der Waals surface area contributed by atoms with Gasteiger partial charge >= 0.3 is 11.7 Å². The number of carbonyl (C=O) groups is 1. The molecule has 0 fully saturated rings. The molecular weight excluding hydrogens is 268 g/mol. The lowest BCUT2D eigenvalue weighted by atomic mass is 10.2. The highest BCUT2D eigenvalue weighted by molar-refractivity contribution is 6.44. The second-order valence-electron chi connectivity index (χ2n) is 2.44. The van der Waals surface area contributed by atoms with Crippen LogP contribution in [0.4, 0.5) is 5.69 Å². The third kappa shape index (κ3) is 2.14. The summed E-state index contributed by atoms with van der Waals surface area (Å²) in [7, 11) is 0. The fourth-order valence-corrected chi connectivity index (χ4v) is 2.01. The maximum Gasteiger partial charge on any atom is 0.339 e. The highest BCUT2D eigenvalue weighted by atomic mass is 35.5. The number of aromatic carboxylic acids is 1. The second-order valence-corrected chi connectivity index (χ2v) is 3.63. The summed E-state index contributed by atoms with van der Waals surface area (Å²) < 4.78 is 0. The molecule has 0 radical (unpaired) electrons. The number of carboxylic acids is 1. The van der Waals surface area contributed by atoms with Crippen LogP contribution in [0.5, 0.6) is 0 Å². The third-order valence-electron chi connectivity index (χ3n) is 1.54. The van der Waals surface area contributed by atoms with E-state index in [-0.39, 0.29) is 10.0 Å². The van der Waals surface area contributed by atoms with Crippen molar-refractivity contribution in [1.29, 1.82) is 0 Å². The first-order chi connectivity index (χ1) is 6.86. The molecule has 0 atom stereocenters. The van der Waals surface area contributed by atoms with Crippen molar-refractivity contribution in [2.24, 2.45) is 0 Å². The standard InChI is InChI=1S/C7H2Cl3NO4/c8-2-1-3(9)6(11(14)15)5(10)4(2)7(12)13/h1H,(H,12,13). The van der Waals surface area contributed by atoms with Crippen LogP contribution < -0.4 is 0 Å². The summed E-state index contributed by atoms with van der Waals surface area (Å²) in [5.41, 5.74) is -1.20. The van der Waals surface area contributed by atoms with Crippen molar-refractivity contribution in [2.45, 2.75) is 0 Å². The van der Waals surface area contributed by atoms with Crippen LogP contribution in [0.1, 0.15) is 10.4 Å². The fourth-order valence-electron chi connectivity index (χ4n) is 0.943. The van der Waals surface area contributed by atoms with E-state index in [1.807, 2.05) is 0 Å². The maximum absolute atomic E-state index is 10.7. The summed E-state index contributed by atoms with van der Waals surface area (Å²) in [4.78, 5) is 20.4. The Hall–Kier alpha value is -1.04. The number of benzene rings is 1. The van der Waals surface area contributed by atoms with Gasteiger partial charge in [-0.3, -0.25) is 10.1 Å². The van der Waals surface area contributed by atoms with Gasteiger partial charge in [-0.1, -0.05) is 34.8 Å². The minimum atomic E-state index is -1.45. The summed E-state index contributed by atoms with van der Waals surface area (Å²) in [6.45, 7) is 0. The third-order valence-corrected chi connectivity index (χ3v) is 2.50. The Bertz CT molecular complexity index is 422. The second kappa shape index (κ2) is 4.22.